The second-order valence-corrected chi connectivity index (χ2v) is 6.60. The van der Waals surface area contributed by atoms with Crippen molar-refractivity contribution in [2.75, 3.05) is 39.4 Å². The molecule has 2 aromatic rings. The van der Waals surface area contributed by atoms with Crippen LogP contribution in [0.15, 0.2) is 0 Å². The van der Waals surface area contributed by atoms with Crippen LogP contribution in [0.2, 0.25) is 0 Å². The van der Waals surface area contributed by atoms with Crippen LogP contribution < -0.4 is 5.32 Å². The molecule has 3 heterocycles. The summed E-state index contributed by atoms with van der Waals surface area (Å²) in [5.41, 5.74) is 0. The third kappa shape index (κ3) is 2.83. The molecular formula is C13H18N6O2S. The van der Waals surface area contributed by atoms with E-state index in [-0.39, 0.29) is 5.91 Å². The number of hydrogen-bond donors (Lipinski definition) is 1. The number of rotatable bonds is 5. The lowest BCUT2D eigenvalue weighted by Crippen LogP contribution is -2.41. The van der Waals surface area contributed by atoms with Crippen molar-refractivity contribution in [2.24, 2.45) is 0 Å². The number of nitrogens with zero attached hydrogens (tertiary/aromatic N) is 5. The van der Waals surface area contributed by atoms with Gasteiger partial charge in [0.05, 0.1) is 13.2 Å². The molecule has 1 saturated carbocycles. The lowest BCUT2D eigenvalue weighted by molar-refractivity contribution is 0.0383. The number of fused-ring (bicyclic) bond motifs is 1. The number of carbonyl (C=O) groups excluding carboxylic acids is 1. The van der Waals surface area contributed by atoms with Crippen LogP contribution in [0, 0.1) is 0 Å². The summed E-state index contributed by atoms with van der Waals surface area (Å²) < 4.78 is 7.03. The maximum absolute atomic E-state index is 12.2. The molecule has 0 unspecified atom stereocenters. The van der Waals surface area contributed by atoms with Gasteiger partial charge in [0.25, 0.3) is 5.91 Å². The van der Waals surface area contributed by atoms with Gasteiger partial charge in [0.1, 0.15) is 0 Å². The summed E-state index contributed by atoms with van der Waals surface area (Å²) in [6.07, 6.45) is 2.28. The highest BCUT2D eigenvalue weighted by Gasteiger charge is 2.30. The van der Waals surface area contributed by atoms with Crippen LogP contribution in [0.4, 0.5) is 0 Å². The lowest BCUT2D eigenvalue weighted by Gasteiger charge is -2.26. The highest BCUT2D eigenvalue weighted by Crippen LogP contribution is 2.39. The number of hydrogen-bond acceptors (Lipinski definition) is 7. The van der Waals surface area contributed by atoms with Crippen LogP contribution in [0.25, 0.3) is 4.96 Å². The number of nitrogens with one attached hydrogen (secondary N) is 1. The third-order valence-corrected chi connectivity index (χ3v) is 4.87. The summed E-state index contributed by atoms with van der Waals surface area (Å²) in [7, 11) is 0. The molecule has 22 heavy (non-hydrogen) atoms. The standard InChI is InChI=1S/C13H18N6O2S/c20-11(14-3-4-18-5-7-21-8-6-18)12-17-19-10(9-1-2-9)15-16-13(19)22-12/h9H,1-8H2,(H,14,20). The van der Waals surface area contributed by atoms with Crippen molar-refractivity contribution in [2.45, 2.75) is 18.8 Å². The van der Waals surface area contributed by atoms with Crippen LogP contribution in [0.5, 0.6) is 0 Å². The fourth-order valence-corrected chi connectivity index (χ4v) is 3.31. The Morgan fingerprint density at radius 3 is 2.91 bits per heavy atom. The molecule has 0 spiro atoms. The Labute approximate surface area is 131 Å². The second-order valence-electron chi connectivity index (χ2n) is 5.64. The summed E-state index contributed by atoms with van der Waals surface area (Å²) in [5, 5.41) is 16.0. The van der Waals surface area contributed by atoms with Gasteiger partial charge in [0, 0.05) is 32.1 Å². The highest BCUT2D eigenvalue weighted by molar-refractivity contribution is 7.18. The van der Waals surface area contributed by atoms with Crippen LogP contribution in [-0.4, -0.2) is 70.0 Å². The van der Waals surface area contributed by atoms with Gasteiger partial charge in [-0.2, -0.15) is 4.52 Å². The van der Waals surface area contributed by atoms with E-state index in [9.17, 15) is 4.79 Å². The second kappa shape index (κ2) is 5.90. The average Bonchev–Trinajstić information content (AvgIpc) is 3.16. The summed E-state index contributed by atoms with van der Waals surface area (Å²) in [5.74, 6) is 1.22. The summed E-state index contributed by atoms with van der Waals surface area (Å²) in [4.78, 5) is 15.2. The maximum Gasteiger partial charge on any atom is 0.282 e. The molecule has 9 heteroatoms. The molecule has 0 radical (unpaired) electrons. The lowest BCUT2D eigenvalue weighted by atomic mass is 10.4. The molecule has 1 aliphatic carbocycles. The summed E-state index contributed by atoms with van der Waals surface area (Å²) >= 11 is 1.29. The van der Waals surface area contributed by atoms with Crippen molar-refractivity contribution >= 4 is 22.2 Å². The number of ether oxygens (including phenoxy) is 1. The molecule has 2 aliphatic rings. The Morgan fingerprint density at radius 1 is 1.32 bits per heavy atom. The summed E-state index contributed by atoms with van der Waals surface area (Å²) in [6, 6.07) is 0. The largest absolute Gasteiger partial charge is 0.379 e. The van der Waals surface area contributed by atoms with Crippen LogP contribution in [0.3, 0.4) is 0 Å². The van der Waals surface area contributed by atoms with Gasteiger partial charge in [-0.3, -0.25) is 9.69 Å². The van der Waals surface area contributed by atoms with Gasteiger partial charge < -0.3 is 10.1 Å². The molecule has 4 rings (SSSR count). The first-order valence-electron chi connectivity index (χ1n) is 7.62. The zero-order valence-electron chi connectivity index (χ0n) is 12.2. The first-order valence-corrected chi connectivity index (χ1v) is 8.43. The zero-order chi connectivity index (χ0) is 14.9. The molecular weight excluding hydrogens is 304 g/mol. The van der Waals surface area contributed by atoms with Crippen LogP contribution >= 0.6 is 11.3 Å². The van der Waals surface area contributed by atoms with E-state index in [4.69, 9.17) is 4.74 Å². The molecule has 1 amide bonds. The smallest absolute Gasteiger partial charge is 0.282 e. The van der Waals surface area contributed by atoms with Crippen LogP contribution in [-0.2, 0) is 4.74 Å². The molecule has 0 atom stereocenters. The van der Waals surface area contributed by atoms with E-state index in [1.54, 1.807) is 4.52 Å². The Bertz CT molecular complexity index is 673. The van der Waals surface area contributed by atoms with Gasteiger partial charge in [0.15, 0.2) is 5.82 Å². The molecule has 0 bridgehead atoms. The highest BCUT2D eigenvalue weighted by atomic mass is 32.1. The minimum absolute atomic E-state index is 0.134. The number of carbonyl (C=O) groups is 1. The Morgan fingerprint density at radius 2 is 2.14 bits per heavy atom. The molecule has 1 N–H and O–H groups in total. The van der Waals surface area contributed by atoms with E-state index in [0.717, 1.165) is 51.5 Å². The van der Waals surface area contributed by atoms with E-state index in [0.29, 0.717) is 22.4 Å². The van der Waals surface area contributed by atoms with E-state index in [1.807, 2.05) is 0 Å². The van der Waals surface area contributed by atoms with Crippen molar-refractivity contribution in [3.05, 3.63) is 10.8 Å². The zero-order valence-corrected chi connectivity index (χ0v) is 13.0. The molecule has 0 aromatic carbocycles. The first kappa shape index (κ1) is 14.0. The average molecular weight is 322 g/mol. The predicted molar refractivity (Wildman–Crippen MR) is 80.2 cm³/mol. The van der Waals surface area contributed by atoms with Gasteiger partial charge in [-0.05, 0) is 12.8 Å². The summed E-state index contributed by atoms with van der Waals surface area (Å²) in [6.45, 7) is 4.86. The van der Waals surface area contributed by atoms with Gasteiger partial charge in [0.2, 0.25) is 9.97 Å². The van der Waals surface area contributed by atoms with Crippen LogP contribution in [0.1, 0.15) is 34.4 Å². The van der Waals surface area contributed by atoms with E-state index in [1.165, 1.54) is 11.3 Å². The predicted octanol–water partition coefficient (Wildman–Crippen LogP) is 0.125. The number of amides is 1. The van der Waals surface area contributed by atoms with Gasteiger partial charge in [-0.25, -0.2) is 0 Å². The topological polar surface area (TPSA) is 84.7 Å². The Kier molecular flexibility index (Phi) is 3.77. The number of morpholine rings is 1. The van der Waals surface area contributed by atoms with E-state index < -0.39 is 0 Å². The quantitative estimate of drug-likeness (QED) is 0.842. The van der Waals surface area contributed by atoms with Gasteiger partial charge in [-0.15, -0.1) is 15.3 Å². The molecule has 1 aliphatic heterocycles. The molecule has 1 saturated heterocycles. The minimum Gasteiger partial charge on any atom is -0.379 e. The first-order chi connectivity index (χ1) is 10.8. The van der Waals surface area contributed by atoms with Crippen molar-refractivity contribution in [1.82, 2.24) is 30.0 Å². The maximum atomic E-state index is 12.2. The van der Waals surface area contributed by atoms with Crippen molar-refractivity contribution in [1.29, 1.82) is 0 Å². The van der Waals surface area contributed by atoms with Gasteiger partial charge >= 0.3 is 0 Å². The molecule has 2 fully saturated rings. The fraction of sp³-hybridized carbons (Fsp3) is 0.692. The van der Waals surface area contributed by atoms with E-state index >= 15 is 0 Å². The van der Waals surface area contributed by atoms with Crippen molar-refractivity contribution < 1.29 is 9.53 Å². The normalized spacial score (nSPS) is 19.6. The Hall–Kier alpha value is -1.58. The van der Waals surface area contributed by atoms with Crippen molar-refractivity contribution in [3.8, 4) is 0 Å². The molecule has 8 nitrogen and oxygen atoms in total. The third-order valence-electron chi connectivity index (χ3n) is 3.97. The number of aromatic nitrogens is 4. The molecule has 2 aromatic heterocycles. The minimum atomic E-state index is -0.134. The molecule has 118 valence electrons. The van der Waals surface area contributed by atoms with Gasteiger partial charge in [-0.1, -0.05) is 11.3 Å². The SMILES string of the molecule is O=C(NCCN1CCOCC1)c1nn2c(C3CC3)nnc2s1. The fourth-order valence-electron chi connectivity index (χ4n) is 2.55. The Balaban J connectivity index is 1.35. The van der Waals surface area contributed by atoms with E-state index in [2.05, 4.69) is 25.5 Å². The monoisotopic (exact) mass is 322 g/mol. The van der Waals surface area contributed by atoms with Crippen molar-refractivity contribution in [3.63, 3.8) is 0 Å².